The van der Waals surface area contributed by atoms with Crippen LogP contribution < -0.4 is 5.73 Å². The van der Waals surface area contributed by atoms with Gasteiger partial charge in [0.05, 0.1) is 5.92 Å². The van der Waals surface area contributed by atoms with E-state index in [9.17, 15) is 4.79 Å². The Kier molecular flexibility index (Phi) is 4.11. The Bertz CT molecular complexity index is 134. The minimum atomic E-state index is -0.807. The van der Waals surface area contributed by atoms with Crippen molar-refractivity contribution >= 4 is 5.97 Å². The molecule has 0 radical (unpaired) electrons. The average Bonchev–Trinajstić information content (AvgIpc) is 1.84. The number of carboxylic acids is 1. The minimum absolute atomic E-state index is 0.215. The molecule has 0 aliphatic rings. The van der Waals surface area contributed by atoms with Gasteiger partial charge in [0.2, 0.25) is 0 Å². The smallest absolute Gasteiger partial charge is 0.307 e. The quantitative estimate of drug-likeness (QED) is 0.645. The van der Waals surface area contributed by atoms with Gasteiger partial charge in [-0.1, -0.05) is 20.8 Å². The van der Waals surface area contributed by atoms with Gasteiger partial charge in [0.25, 0.3) is 0 Å². The van der Waals surface area contributed by atoms with Crippen LogP contribution in [0.1, 0.15) is 27.2 Å². The first-order chi connectivity index (χ1) is 4.95. The second-order valence-corrected chi connectivity index (χ2v) is 3.42. The topological polar surface area (TPSA) is 63.3 Å². The molecule has 0 saturated heterocycles. The van der Waals surface area contributed by atoms with E-state index < -0.39 is 11.9 Å². The maximum Gasteiger partial charge on any atom is 0.307 e. The lowest BCUT2D eigenvalue weighted by molar-refractivity contribution is -0.141. The molecule has 0 bridgehead atoms. The van der Waals surface area contributed by atoms with Gasteiger partial charge >= 0.3 is 5.97 Å². The number of hydrogen-bond acceptors (Lipinski definition) is 2. The van der Waals surface area contributed by atoms with Crippen molar-refractivity contribution in [3.05, 3.63) is 0 Å². The molecule has 0 aromatic rings. The molecule has 3 heteroatoms. The molecule has 0 aromatic heterocycles. The molecular formula is C8H17NO2. The van der Waals surface area contributed by atoms with Crippen LogP contribution in [0.5, 0.6) is 0 Å². The van der Waals surface area contributed by atoms with Crippen molar-refractivity contribution < 1.29 is 9.90 Å². The third-order valence-electron chi connectivity index (χ3n) is 1.78. The van der Waals surface area contributed by atoms with Crippen molar-refractivity contribution in [2.45, 2.75) is 33.2 Å². The summed E-state index contributed by atoms with van der Waals surface area (Å²) in [5.41, 5.74) is 5.64. The van der Waals surface area contributed by atoms with Gasteiger partial charge in [-0.05, 0) is 12.3 Å². The maximum absolute atomic E-state index is 10.4. The minimum Gasteiger partial charge on any atom is -0.481 e. The summed E-state index contributed by atoms with van der Waals surface area (Å²) in [6, 6.07) is -0.215. The Hall–Kier alpha value is -0.570. The molecule has 0 unspecified atom stereocenters. The molecule has 0 heterocycles. The number of nitrogens with two attached hydrogens (primary N) is 1. The molecule has 11 heavy (non-hydrogen) atoms. The lowest BCUT2D eigenvalue weighted by atomic mass is 9.94. The van der Waals surface area contributed by atoms with E-state index in [1.807, 2.05) is 13.8 Å². The molecular weight excluding hydrogens is 142 g/mol. The van der Waals surface area contributed by atoms with Gasteiger partial charge in [0.15, 0.2) is 0 Å². The monoisotopic (exact) mass is 159 g/mol. The lowest BCUT2D eigenvalue weighted by Gasteiger charge is -2.17. The Labute approximate surface area is 67.6 Å². The van der Waals surface area contributed by atoms with Crippen molar-refractivity contribution in [3.63, 3.8) is 0 Å². The summed E-state index contributed by atoms with van der Waals surface area (Å²) in [5, 5.41) is 8.59. The second kappa shape index (κ2) is 4.34. The fourth-order valence-electron chi connectivity index (χ4n) is 0.932. The third kappa shape index (κ3) is 3.98. The van der Waals surface area contributed by atoms with Crippen molar-refractivity contribution in [2.75, 3.05) is 0 Å². The summed E-state index contributed by atoms with van der Waals surface area (Å²) in [4.78, 5) is 10.4. The second-order valence-electron chi connectivity index (χ2n) is 3.42. The van der Waals surface area contributed by atoms with E-state index in [-0.39, 0.29) is 6.04 Å². The first-order valence-electron chi connectivity index (χ1n) is 3.93. The number of hydrogen-bond donors (Lipinski definition) is 2. The predicted octanol–water partition coefficient (Wildman–Crippen LogP) is 1.08. The summed E-state index contributed by atoms with van der Waals surface area (Å²) in [7, 11) is 0. The van der Waals surface area contributed by atoms with Crippen molar-refractivity contribution in [1.29, 1.82) is 0 Å². The van der Waals surface area contributed by atoms with Crippen LogP contribution in [0.25, 0.3) is 0 Å². The molecule has 0 amide bonds. The highest BCUT2D eigenvalue weighted by Crippen LogP contribution is 2.10. The summed E-state index contributed by atoms with van der Waals surface area (Å²) < 4.78 is 0. The van der Waals surface area contributed by atoms with Crippen LogP contribution in [0.2, 0.25) is 0 Å². The number of rotatable bonds is 4. The van der Waals surface area contributed by atoms with Crippen LogP contribution in [0.4, 0.5) is 0 Å². The van der Waals surface area contributed by atoms with Gasteiger partial charge in [-0.15, -0.1) is 0 Å². The van der Waals surface area contributed by atoms with Gasteiger partial charge in [0, 0.05) is 6.04 Å². The SMILES string of the molecule is CC(C)C[C@@H](N)[C@@H](C)C(=O)O. The molecule has 66 valence electrons. The Morgan fingerprint density at radius 3 is 2.18 bits per heavy atom. The van der Waals surface area contributed by atoms with E-state index in [1.54, 1.807) is 6.92 Å². The van der Waals surface area contributed by atoms with Gasteiger partial charge < -0.3 is 10.8 Å². The predicted molar refractivity (Wildman–Crippen MR) is 44.2 cm³/mol. The summed E-state index contributed by atoms with van der Waals surface area (Å²) >= 11 is 0. The summed E-state index contributed by atoms with van der Waals surface area (Å²) in [6.07, 6.45) is 0.771. The molecule has 2 atom stereocenters. The first kappa shape index (κ1) is 10.4. The van der Waals surface area contributed by atoms with E-state index in [1.165, 1.54) is 0 Å². The largest absolute Gasteiger partial charge is 0.481 e. The number of carboxylic acid groups (broad SMARTS) is 1. The molecule has 0 rings (SSSR count). The fourth-order valence-corrected chi connectivity index (χ4v) is 0.932. The van der Waals surface area contributed by atoms with E-state index in [0.29, 0.717) is 5.92 Å². The fraction of sp³-hybridized carbons (Fsp3) is 0.875. The molecule has 0 fully saturated rings. The highest BCUT2D eigenvalue weighted by atomic mass is 16.4. The lowest BCUT2D eigenvalue weighted by Crippen LogP contribution is -2.34. The van der Waals surface area contributed by atoms with Gasteiger partial charge in [-0.2, -0.15) is 0 Å². The molecule has 0 aliphatic carbocycles. The number of carbonyl (C=O) groups is 1. The van der Waals surface area contributed by atoms with Crippen LogP contribution >= 0.6 is 0 Å². The first-order valence-corrected chi connectivity index (χ1v) is 3.93. The molecule has 3 N–H and O–H groups in total. The van der Waals surface area contributed by atoms with E-state index in [4.69, 9.17) is 10.8 Å². The molecule has 3 nitrogen and oxygen atoms in total. The van der Waals surface area contributed by atoms with E-state index in [0.717, 1.165) is 6.42 Å². The molecule has 0 aromatic carbocycles. The zero-order chi connectivity index (χ0) is 9.02. The van der Waals surface area contributed by atoms with Gasteiger partial charge in [0.1, 0.15) is 0 Å². The summed E-state index contributed by atoms with van der Waals surface area (Å²) in [5.74, 6) is -0.776. The van der Waals surface area contributed by atoms with Crippen LogP contribution in [-0.2, 0) is 4.79 Å². The normalized spacial score (nSPS) is 16.5. The molecule has 0 aliphatic heterocycles. The Morgan fingerprint density at radius 1 is 1.45 bits per heavy atom. The van der Waals surface area contributed by atoms with Crippen LogP contribution in [0, 0.1) is 11.8 Å². The van der Waals surface area contributed by atoms with Crippen LogP contribution in [0.3, 0.4) is 0 Å². The van der Waals surface area contributed by atoms with Gasteiger partial charge in [-0.25, -0.2) is 0 Å². The van der Waals surface area contributed by atoms with Crippen LogP contribution in [-0.4, -0.2) is 17.1 Å². The Morgan fingerprint density at radius 2 is 1.91 bits per heavy atom. The van der Waals surface area contributed by atoms with E-state index >= 15 is 0 Å². The summed E-state index contributed by atoms with van der Waals surface area (Å²) in [6.45, 7) is 5.72. The average molecular weight is 159 g/mol. The standard InChI is InChI=1S/C8H17NO2/c1-5(2)4-7(9)6(3)8(10)11/h5-7H,4,9H2,1-3H3,(H,10,11)/t6-,7-/m1/s1. The zero-order valence-corrected chi connectivity index (χ0v) is 7.37. The van der Waals surface area contributed by atoms with Crippen molar-refractivity contribution in [1.82, 2.24) is 0 Å². The Balaban J connectivity index is 3.82. The van der Waals surface area contributed by atoms with Crippen LogP contribution in [0.15, 0.2) is 0 Å². The van der Waals surface area contributed by atoms with Crippen molar-refractivity contribution in [3.8, 4) is 0 Å². The third-order valence-corrected chi connectivity index (χ3v) is 1.78. The highest BCUT2D eigenvalue weighted by Gasteiger charge is 2.20. The van der Waals surface area contributed by atoms with Gasteiger partial charge in [-0.3, -0.25) is 4.79 Å². The highest BCUT2D eigenvalue weighted by molar-refractivity contribution is 5.70. The zero-order valence-electron chi connectivity index (χ0n) is 7.37. The maximum atomic E-state index is 10.4. The molecule has 0 spiro atoms. The number of aliphatic carboxylic acids is 1. The van der Waals surface area contributed by atoms with E-state index in [2.05, 4.69) is 0 Å². The molecule has 0 saturated carbocycles. The van der Waals surface area contributed by atoms with Crippen molar-refractivity contribution in [2.24, 2.45) is 17.6 Å².